The molecular formula is C23H26FN3O5S2. The summed E-state index contributed by atoms with van der Waals surface area (Å²) in [5, 5.41) is 0.0767. The third-order valence-corrected chi connectivity index (χ3v) is 7.54. The number of benzene rings is 2. The molecule has 0 aliphatic heterocycles. The molecule has 182 valence electrons. The smallest absolute Gasteiger partial charge is 0.360 e. The Labute approximate surface area is 202 Å². The van der Waals surface area contributed by atoms with E-state index in [2.05, 4.69) is 4.98 Å². The number of carbonyl (C=O) groups excluding carboxylic acids is 1. The number of methoxy groups -OCH3 is 1. The molecule has 0 spiro atoms. The van der Waals surface area contributed by atoms with E-state index < -0.39 is 21.8 Å². The summed E-state index contributed by atoms with van der Waals surface area (Å²) in [6.07, 6.45) is 0. The summed E-state index contributed by atoms with van der Waals surface area (Å²) in [5.41, 5.74) is 7.57. The Morgan fingerprint density at radius 1 is 1.21 bits per heavy atom. The highest BCUT2D eigenvalue weighted by atomic mass is 32.2. The van der Waals surface area contributed by atoms with Crippen molar-refractivity contribution in [1.29, 1.82) is 0 Å². The van der Waals surface area contributed by atoms with Crippen molar-refractivity contribution in [2.75, 3.05) is 18.0 Å². The molecule has 0 saturated carbocycles. The standard InChI is InChI=1S/C23H26FN3O5S2/c1-15(2)13-32-23(28)21-22(33-14-26-21)27(12-16-4-7-18(31-3)8-5-16)34(29,30)19-9-6-17(11-25)20(24)10-19/h4-10,14-15H,11-13,25H2,1-3H3. The number of anilines is 1. The molecule has 0 atom stereocenters. The molecule has 0 saturated heterocycles. The number of nitrogens with zero attached hydrogens (tertiary/aromatic N) is 2. The zero-order valence-corrected chi connectivity index (χ0v) is 20.7. The number of thiazole rings is 1. The maximum atomic E-state index is 14.4. The summed E-state index contributed by atoms with van der Waals surface area (Å²) in [6.45, 7) is 3.74. The Balaban J connectivity index is 2.07. The summed E-state index contributed by atoms with van der Waals surface area (Å²) in [6, 6.07) is 10.4. The summed E-state index contributed by atoms with van der Waals surface area (Å²) in [4.78, 5) is 16.5. The Morgan fingerprint density at radius 3 is 2.50 bits per heavy atom. The Kier molecular flexibility index (Phi) is 8.24. The molecule has 1 aromatic heterocycles. The van der Waals surface area contributed by atoms with Crippen LogP contribution < -0.4 is 14.8 Å². The first-order valence-electron chi connectivity index (χ1n) is 10.4. The van der Waals surface area contributed by atoms with E-state index in [0.29, 0.717) is 11.3 Å². The zero-order valence-electron chi connectivity index (χ0n) is 19.0. The first-order valence-corrected chi connectivity index (χ1v) is 12.7. The minimum Gasteiger partial charge on any atom is -0.497 e. The highest BCUT2D eigenvalue weighted by molar-refractivity contribution is 7.93. The number of carbonyl (C=O) groups is 1. The van der Waals surface area contributed by atoms with Crippen molar-refractivity contribution < 1.29 is 27.1 Å². The molecular weight excluding hydrogens is 481 g/mol. The lowest BCUT2D eigenvalue weighted by atomic mass is 10.2. The van der Waals surface area contributed by atoms with E-state index in [9.17, 15) is 17.6 Å². The third kappa shape index (κ3) is 5.72. The zero-order chi connectivity index (χ0) is 24.9. The van der Waals surface area contributed by atoms with Gasteiger partial charge in [0.15, 0.2) is 5.69 Å². The molecule has 0 amide bonds. The average Bonchev–Trinajstić information content (AvgIpc) is 3.30. The quantitative estimate of drug-likeness (QED) is 0.414. The fraction of sp³-hybridized carbons (Fsp3) is 0.304. The maximum absolute atomic E-state index is 14.4. The highest BCUT2D eigenvalue weighted by Gasteiger charge is 2.32. The number of hydrogen-bond donors (Lipinski definition) is 1. The lowest BCUT2D eigenvalue weighted by molar-refractivity contribution is 0.0454. The number of aromatic nitrogens is 1. The molecule has 34 heavy (non-hydrogen) atoms. The molecule has 2 N–H and O–H groups in total. The number of nitrogens with two attached hydrogens (primary N) is 1. The van der Waals surface area contributed by atoms with Gasteiger partial charge < -0.3 is 15.2 Å². The van der Waals surface area contributed by atoms with Crippen molar-refractivity contribution in [1.82, 2.24) is 4.98 Å². The number of sulfonamides is 1. The van der Waals surface area contributed by atoms with Gasteiger partial charge in [0.05, 0.1) is 30.7 Å². The van der Waals surface area contributed by atoms with Gasteiger partial charge in [-0.25, -0.2) is 22.6 Å². The molecule has 3 rings (SSSR count). The highest BCUT2D eigenvalue weighted by Crippen LogP contribution is 2.33. The van der Waals surface area contributed by atoms with E-state index in [0.717, 1.165) is 21.7 Å². The van der Waals surface area contributed by atoms with Crippen molar-refractivity contribution >= 4 is 32.3 Å². The topological polar surface area (TPSA) is 112 Å². The van der Waals surface area contributed by atoms with Crippen molar-refractivity contribution in [3.8, 4) is 5.75 Å². The van der Waals surface area contributed by atoms with Crippen LogP contribution in [0.2, 0.25) is 0 Å². The second-order valence-electron chi connectivity index (χ2n) is 7.82. The number of ether oxygens (including phenoxy) is 2. The van der Waals surface area contributed by atoms with Crippen LogP contribution >= 0.6 is 11.3 Å². The van der Waals surface area contributed by atoms with E-state index in [1.165, 1.54) is 24.8 Å². The molecule has 0 aliphatic rings. The maximum Gasteiger partial charge on any atom is 0.360 e. The molecule has 0 aliphatic carbocycles. The molecule has 0 radical (unpaired) electrons. The molecule has 1 heterocycles. The van der Waals surface area contributed by atoms with Crippen molar-refractivity contribution in [3.05, 3.63) is 70.6 Å². The van der Waals surface area contributed by atoms with Crippen molar-refractivity contribution in [2.24, 2.45) is 11.7 Å². The van der Waals surface area contributed by atoms with E-state index in [1.807, 2.05) is 13.8 Å². The van der Waals surface area contributed by atoms with Crippen LogP contribution in [0.25, 0.3) is 0 Å². The fourth-order valence-corrected chi connectivity index (χ4v) is 5.49. The lowest BCUT2D eigenvalue weighted by Gasteiger charge is -2.24. The van der Waals surface area contributed by atoms with Gasteiger partial charge in [0.1, 0.15) is 16.6 Å². The van der Waals surface area contributed by atoms with Gasteiger partial charge in [0, 0.05) is 12.1 Å². The molecule has 3 aromatic rings. The van der Waals surface area contributed by atoms with Crippen LogP contribution in [0, 0.1) is 11.7 Å². The Bertz CT molecular complexity index is 1240. The van der Waals surface area contributed by atoms with Crippen molar-refractivity contribution in [2.45, 2.75) is 31.8 Å². The monoisotopic (exact) mass is 507 g/mol. The van der Waals surface area contributed by atoms with Gasteiger partial charge in [-0.3, -0.25) is 4.31 Å². The second kappa shape index (κ2) is 10.9. The molecule has 0 unspecified atom stereocenters. The van der Waals surface area contributed by atoms with Gasteiger partial charge in [0.25, 0.3) is 10.0 Å². The van der Waals surface area contributed by atoms with Gasteiger partial charge in [-0.1, -0.05) is 32.0 Å². The van der Waals surface area contributed by atoms with Crippen LogP contribution in [-0.2, 0) is 27.8 Å². The molecule has 0 bridgehead atoms. The first-order chi connectivity index (χ1) is 16.2. The van der Waals surface area contributed by atoms with Gasteiger partial charge in [-0.2, -0.15) is 0 Å². The minimum atomic E-state index is -4.29. The summed E-state index contributed by atoms with van der Waals surface area (Å²) in [5.74, 6) is -0.763. The molecule has 0 fully saturated rings. The fourth-order valence-electron chi connectivity index (χ4n) is 3.01. The van der Waals surface area contributed by atoms with Gasteiger partial charge in [-0.05, 0) is 35.7 Å². The number of esters is 1. The van der Waals surface area contributed by atoms with Crippen LogP contribution in [0.1, 0.15) is 35.5 Å². The van der Waals surface area contributed by atoms with Crippen LogP contribution in [0.4, 0.5) is 9.39 Å². The molecule has 2 aromatic carbocycles. The first kappa shape index (κ1) is 25.6. The second-order valence-corrected chi connectivity index (χ2v) is 10.5. The van der Waals surface area contributed by atoms with Crippen LogP contribution in [-0.4, -0.2) is 33.1 Å². The molecule has 11 heteroatoms. The average molecular weight is 508 g/mol. The predicted molar refractivity (Wildman–Crippen MR) is 128 cm³/mol. The van der Waals surface area contributed by atoms with Gasteiger partial charge in [-0.15, -0.1) is 11.3 Å². The lowest BCUT2D eigenvalue weighted by Crippen LogP contribution is -2.31. The van der Waals surface area contributed by atoms with Crippen molar-refractivity contribution in [3.63, 3.8) is 0 Å². The van der Waals surface area contributed by atoms with E-state index in [4.69, 9.17) is 15.2 Å². The minimum absolute atomic E-state index is 0.0671. The summed E-state index contributed by atoms with van der Waals surface area (Å²) >= 11 is 0.977. The van der Waals surface area contributed by atoms with Crippen LogP contribution in [0.3, 0.4) is 0 Å². The van der Waals surface area contributed by atoms with E-state index in [1.54, 1.807) is 24.3 Å². The number of halogens is 1. The van der Waals surface area contributed by atoms with Gasteiger partial charge >= 0.3 is 5.97 Å². The number of hydrogen-bond acceptors (Lipinski definition) is 8. The summed E-state index contributed by atoms with van der Waals surface area (Å²) in [7, 11) is -2.76. The normalized spacial score (nSPS) is 11.5. The van der Waals surface area contributed by atoms with Crippen LogP contribution in [0.5, 0.6) is 5.75 Å². The van der Waals surface area contributed by atoms with E-state index in [-0.39, 0.29) is 46.8 Å². The van der Waals surface area contributed by atoms with Gasteiger partial charge in [0.2, 0.25) is 0 Å². The largest absolute Gasteiger partial charge is 0.497 e. The third-order valence-electron chi connectivity index (χ3n) is 4.83. The summed E-state index contributed by atoms with van der Waals surface area (Å²) < 4.78 is 53.3. The molecule has 8 nitrogen and oxygen atoms in total. The Hall–Kier alpha value is -3.02. The SMILES string of the molecule is COc1ccc(CN(c2scnc2C(=O)OCC(C)C)S(=O)(=O)c2ccc(CN)c(F)c2)cc1. The van der Waals surface area contributed by atoms with Crippen LogP contribution in [0.15, 0.2) is 52.9 Å². The Morgan fingerprint density at radius 2 is 1.91 bits per heavy atom. The predicted octanol–water partition coefficient (Wildman–Crippen LogP) is 3.96. The number of rotatable bonds is 10. The van der Waals surface area contributed by atoms with E-state index >= 15 is 0 Å².